The summed E-state index contributed by atoms with van der Waals surface area (Å²) in [6.45, 7) is 2.29. The van der Waals surface area contributed by atoms with E-state index in [0.29, 0.717) is 11.8 Å². The molecule has 0 amide bonds. The predicted octanol–water partition coefficient (Wildman–Crippen LogP) is 8.66. The Labute approximate surface area is 202 Å². The molecule has 1 aliphatic rings. The van der Waals surface area contributed by atoms with Crippen molar-refractivity contribution in [3.8, 4) is 0 Å². The number of benzene rings is 2. The maximum Gasteiger partial charge on any atom is 0.244 e. The van der Waals surface area contributed by atoms with Gasteiger partial charge in [-0.2, -0.15) is 0 Å². The van der Waals surface area contributed by atoms with Crippen molar-refractivity contribution in [2.75, 3.05) is 0 Å². The summed E-state index contributed by atoms with van der Waals surface area (Å²) in [6, 6.07) is 21.9. The minimum absolute atomic E-state index is 0.412. The van der Waals surface area contributed by atoms with Gasteiger partial charge in [0.15, 0.2) is 12.4 Å². The van der Waals surface area contributed by atoms with Gasteiger partial charge in [0.25, 0.3) is 0 Å². The zero-order valence-electron chi connectivity index (χ0n) is 20.7. The van der Waals surface area contributed by atoms with Gasteiger partial charge in [0.1, 0.15) is 0 Å². The van der Waals surface area contributed by atoms with Crippen molar-refractivity contribution in [3.05, 3.63) is 78.0 Å². The third-order valence-electron chi connectivity index (χ3n) is 6.93. The molecule has 0 aliphatic carbocycles. The van der Waals surface area contributed by atoms with Crippen LogP contribution in [-0.4, -0.2) is 12.4 Å². The molecule has 3 rings (SSSR count). The van der Waals surface area contributed by atoms with Gasteiger partial charge in [0, 0.05) is 0 Å². The zero-order chi connectivity index (χ0) is 23.0. The Hall–Kier alpha value is -2.35. The minimum atomic E-state index is 0.412. The van der Waals surface area contributed by atoms with Gasteiger partial charge in [-0.15, -0.1) is 0 Å². The molecule has 0 saturated carbocycles. The van der Waals surface area contributed by atoms with Crippen LogP contribution in [0.15, 0.2) is 70.6 Å². The lowest BCUT2D eigenvalue weighted by molar-refractivity contribution is 0.306. The Morgan fingerprint density at radius 3 is 1.55 bits per heavy atom. The molecule has 0 radical (unpaired) electrons. The second-order valence-corrected chi connectivity index (χ2v) is 9.63. The lowest BCUT2D eigenvalue weighted by atomic mass is 9.78. The van der Waals surface area contributed by atoms with E-state index < -0.39 is 0 Å². The van der Waals surface area contributed by atoms with Crippen LogP contribution < -0.4 is 0 Å². The Kier molecular flexibility index (Phi) is 11.9. The van der Waals surface area contributed by atoms with Crippen LogP contribution in [0.25, 0.3) is 0 Å². The van der Waals surface area contributed by atoms with Crippen molar-refractivity contribution < 1.29 is 0 Å². The smallest absolute Gasteiger partial charge is 0.0965 e. The van der Waals surface area contributed by atoms with E-state index in [2.05, 4.69) is 77.6 Å². The molecule has 1 aliphatic heterocycles. The third kappa shape index (κ3) is 9.58. The van der Waals surface area contributed by atoms with E-state index in [1.165, 1.54) is 81.8 Å². The van der Waals surface area contributed by atoms with Crippen molar-refractivity contribution in [1.29, 1.82) is 0 Å². The first kappa shape index (κ1) is 25.3. The van der Waals surface area contributed by atoms with Crippen LogP contribution in [0.1, 0.15) is 88.7 Å². The predicted molar refractivity (Wildman–Crippen MR) is 144 cm³/mol. The van der Waals surface area contributed by atoms with E-state index >= 15 is 0 Å². The Balaban J connectivity index is 1.55. The van der Waals surface area contributed by atoms with E-state index in [9.17, 15) is 0 Å². The number of aliphatic imine (C=N–C) groups is 2. The third-order valence-corrected chi connectivity index (χ3v) is 6.93. The fourth-order valence-electron chi connectivity index (χ4n) is 5.06. The molecule has 0 N–H and O–H groups in total. The molecule has 1 atom stereocenters. The Morgan fingerprint density at radius 1 is 0.606 bits per heavy atom. The SMILES string of the molecule is CCCCCCCCCCCCC([C+]1N=CC=N1)C(Cc1ccccc1)Cc1ccccc1. The van der Waals surface area contributed by atoms with Gasteiger partial charge < -0.3 is 0 Å². The van der Waals surface area contributed by atoms with Crippen molar-refractivity contribution in [3.63, 3.8) is 0 Å². The van der Waals surface area contributed by atoms with Crippen LogP contribution in [0.5, 0.6) is 0 Å². The maximum absolute atomic E-state index is 4.67. The van der Waals surface area contributed by atoms with Gasteiger partial charge in [0.05, 0.1) is 5.92 Å². The highest BCUT2D eigenvalue weighted by atomic mass is 15.0. The average molecular weight is 444 g/mol. The number of rotatable bonds is 17. The largest absolute Gasteiger partial charge is 0.244 e. The first-order valence-electron chi connectivity index (χ1n) is 13.4. The molecule has 0 bridgehead atoms. The average Bonchev–Trinajstić information content (AvgIpc) is 3.38. The Bertz CT molecular complexity index is 743. The second-order valence-electron chi connectivity index (χ2n) is 9.63. The van der Waals surface area contributed by atoms with Gasteiger partial charge in [-0.3, -0.25) is 0 Å². The van der Waals surface area contributed by atoms with Crippen LogP contribution >= 0.6 is 0 Å². The lowest BCUT2D eigenvalue weighted by Crippen LogP contribution is -2.24. The lowest BCUT2D eigenvalue weighted by Gasteiger charge is -2.26. The maximum atomic E-state index is 4.67. The summed E-state index contributed by atoms with van der Waals surface area (Å²) in [7, 11) is 0. The quantitative estimate of drug-likeness (QED) is 0.173. The van der Waals surface area contributed by atoms with Gasteiger partial charge >= 0.3 is 0 Å². The topological polar surface area (TPSA) is 24.7 Å². The molecule has 2 aromatic rings. The van der Waals surface area contributed by atoms with Crippen molar-refractivity contribution in [2.24, 2.45) is 21.8 Å². The zero-order valence-corrected chi connectivity index (χ0v) is 20.7. The minimum Gasteiger partial charge on any atom is -0.0965 e. The van der Waals surface area contributed by atoms with Crippen LogP contribution in [0.4, 0.5) is 0 Å². The highest BCUT2D eigenvalue weighted by Crippen LogP contribution is 2.36. The van der Waals surface area contributed by atoms with Crippen LogP contribution in [0.2, 0.25) is 0 Å². The van der Waals surface area contributed by atoms with Crippen LogP contribution in [-0.2, 0) is 12.8 Å². The monoisotopic (exact) mass is 443 g/mol. The number of hydrogen-bond acceptors (Lipinski definition) is 2. The molecule has 0 spiro atoms. The summed E-state index contributed by atoms with van der Waals surface area (Å²) in [5.41, 5.74) is 2.83. The molecule has 2 aromatic carbocycles. The molecule has 0 aromatic heterocycles. The summed E-state index contributed by atoms with van der Waals surface area (Å²) in [5.74, 6) is 0.922. The van der Waals surface area contributed by atoms with E-state index in [1.807, 2.05) is 12.4 Å². The molecular formula is C31H43N2+. The summed E-state index contributed by atoms with van der Waals surface area (Å²) < 4.78 is 0. The van der Waals surface area contributed by atoms with Gasteiger partial charge in [-0.05, 0) is 36.3 Å². The standard InChI is InChI=1S/C31H43N2/c1-2-3-4-5-6-7-8-9-10-17-22-30(31-32-23-24-33-31)29(25-27-18-13-11-14-19-27)26-28-20-15-12-16-21-28/h11-16,18-21,23-24,29-30H,2-10,17,22,25-26H2,1H3/q+1. The van der Waals surface area contributed by atoms with E-state index in [0.717, 1.165) is 19.0 Å². The molecular weight excluding hydrogens is 400 g/mol. The van der Waals surface area contributed by atoms with E-state index in [4.69, 9.17) is 0 Å². The summed E-state index contributed by atoms with van der Waals surface area (Å²) in [6.07, 6.45) is 21.9. The second kappa shape index (κ2) is 15.5. The van der Waals surface area contributed by atoms with Crippen molar-refractivity contribution in [2.45, 2.75) is 90.4 Å². The van der Waals surface area contributed by atoms with E-state index in [-0.39, 0.29) is 0 Å². The molecule has 33 heavy (non-hydrogen) atoms. The fraction of sp³-hybridized carbons (Fsp3) is 0.516. The first-order valence-corrected chi connectivity index (χ1v) is 13.4. The molecule has 0 saturated heterocycles. The van der Waals surface area contributed by atoms with Crippen LogP contribution in [0, 0.1) is 18.0 Å². The number of unbranched alkanes of at least 4 members (excludes halogenated alkanes) is 9. The molecule has 2 nitrogen and oxygen atoms in total. The number of nitrogens with zero attached hydrogens (tertiary/aromatic N) is 2. The molecule has 0 fully saturated rings. The van der Waals surface area contributed by atoms with Crippen molar-refractivity contribution in [1.82, 2.24) is 0 Å². The summed E-state index contributed by atoms with van der Waals surface area (Å²) in [4.78, 5) is 9.35. The van der Waals surface area contributed by atoms with Gasteiger partial charge in [-0.1, -0.05) is 142 Å². The molecule has 176 valence electrons. The first-order chi connectivity index (χ1) is 16.4. The Morgan fingerprint density at radius 2 is 1.06 bits per heavy atom. The normalized spacial score (nSPS) is 13.8. The highest BCUT2D eigenvalue weighted by molar-refractivity contribution is 6.18. The molecule has 1 heterocycles. The summed E-state index contributed by atoms with van der Waals surface area (Å²) >= 11 is 0. The van der Waals surface area contributed by atoms with Gasteiger partial charge in [-0.25, -0.2) is 0 Å². The highest BCUT2D eigenvalue weighted by Gasteiger charge is 2.35. The number of hydrogen-bond donors (Lipinski definition) is 0. The molecule has 1 unspecified atom stereocenters. The van der Waals surface area contributed by atoms with E-state index in [1.54, 1.807) is 0 Å². The van der Waals surface area contributed by atoms with Crippen molar-refractivity contribution >= 4 is 12.4 Å². The summed E-state index contributed by atoms with van der Waals surface area (Å²) in [5, 5.41) is 0. The fourth-order valence-corrected chi connectivity index (χ4v) is 5.06. The van der Waals surface area contributed by atoms with Gasteiger partial charge in [0.2, 0.25) is 6.17 Å². The molecule has 2 heteroatoms. The van der Waals surface area contributed by atoms with Crippen LogP contribution in [0.3, 0.4) is 0 Å².